The molecule has 6 nitrogen and oxygen atoms in total. The summed E-state index contributed by atoms with van der Waals surface area (Å²) >= 11 is 0. The van der Waals surface area contributed by atoms with Crippen LogP contribution in [0.4, 0.5) is 5.69 Å². The number of carboxylic acids is 1. The lowest BCUT2D eigenvalue weighted by Crippen LogP contribution is -2.16. The monoisotopic (exact) mass is 271 g/mol. The molecule has 0 fully saturated rings. The Morgan fingerprint density at radius 3 is 2.50 bits per heavy atom. The van der Waals surface area contributed by atoms with Gasteiger partial charge in [-0.25, -0.2) is 9.78 Å². The molecule has 1 heterocycles. The van der Waals surface area contributed by atoms with Crippen LogP contribution in [-0.2, 0) is 0 Å². The van der Waals surface area contributed by atoms with Crippen LogP contribution in [-0.4, -0.2) is 27.0 Å². The van der Waals surface area contributed by atoms with Gasteiger partial charge in [0, 0.05) is 6.20 Å². The first-order valence-corrected chi connectivity index (χ1v) is 5.91. The first-order valence-electron chi connectivity index (χ1n) is 5.91. The van der Waals surface area contributed by atoms with E-state index in [4.69, 9.17) is 5.11 Å². The normalized spacial score (nSPS) is 10.1. The minimum Gasteiger partial charge on any atom is -0.478 e. The molecule has 0 aliphatic heterocycles. The topological polar surface area (TPSA) is 92.2 Å². The number of hydrogen-bond acceptors (Lipinski definition) is 4. The van der Waals surface area contributed by atoms with Gasteiger partial charge in [-0.3, -0.25) is 9.78 Å². The summed E-state index contributed by atoms with van der Waals surface area (Å²) in [5.41, 5.74) is 1.90. The zero-order valence-electron chi connectivity index (χ0n) is 11.0. The fourth-order valence-electron chi connectivity index (χ4n) is 1.64. The van der Waals surface area contributed by atoms with Crippen LogP contribution in [0.3, 0.4) is 0 Å². The molecular weight excluding hydrogens is 258 g/mol. The fraction of sp³-hybridized carbons (Fsp3) is 0.143. The average Bonchev–Trinajstić information content (AvgIpc) is 2.41. The number of aromatic nitrogens is 2. The van der Waals surface area contributed by atoms with Crippen LogP contribution in [0.15, 0.2) is 30.6 Å². The predicted octanol–water partition coefficient (Wildman–Crippen LogP) is 2.04. The highest BCUT2D eigenvalue weighted by Gasteiger charge is 2.14. The maximum absolute atomic E-state index is 12.0. The van der Waals surface area contributed by atoms with Crippen molar-refractivity contribution in [3.05, 3.63) is 53.1 Å². The van der Waals surface area contributed by atoms with Crippen LogP contribution in [0.25, 0.3) is 0 Å². The average molecular weight is 271 g/mol. The number of anilines is 1. The molecule has 102 valence electrons. The fourth-order valence-corrected chi connectivity index (χ4v) is 1.64. The SMILES string of the molecule is Cc1ccc(NC(=O)c2cnc(C)cn2)c(C(=O)O)c1. The molecule has 0 spiro atoms. The van der Waals surface area contributed by atoms with Gasteiger partial charge in [-0.05, 0) is 26.0 Å². The van der Waals surface area contributed by atoms with Gasteiger partial charge in [-0.1, -0.05) is 11.6 Å². The zero-order chi connectivity index (χ0) is 14.7. The molecule has 0 aliphatic rings. The van der Waals surface area contributed by atoms with E-state index in [0.717, 1.165) is 5.56 Å². The number of amides is 1. The van der Waals surface area contributed by atoms with Crippen LogP contribution in [0.1, 0.15) is 32.1 Å². The summed E-state index contributed by atoms with van der Waals surface area (Å²) in [5.74, 6) is -1.59. The molecule has 0 unspecified atom stereocenters. The summed E-state index contributed by atoms with van der Waals surface area (Å²) in [4.78, 5) is 31.1. The van der Waals surface area contributed by atoms with E-state index >= 15 is 0 Å². The Morgan fingerprint density at radius 2 is 1.90 bits per heavy atom. The highest BCUT2D eigenvalue weighted by Crippen LogP contribution is 2.18. The van der Waals surface area contributed by atoms with E-state index < -0.39 is 11.9 Å². The molecule has 1 aromatic carbocycles. The standard InChI is InChI=1S/C14H13N3O3/c1-8-3-4-11(10(5-8)14(19)20)17-13(18)12-7-15-9(2)6-16-12/h3-7H,1-2H3,(H,17,18)(H,19,20). The Kier molecular flexibility index (Phi) is 3.74. The number of nitrogens with zero attached hydrogens (tertiary/aromatic N) is 2. The molecule has 0 bridgehead atoms. The summed E-state index contributed by atoms with van der Waals surface area (Å²) in [7, 11) is 0. The molecule has 0 saturated carbocycles. The molecule has 2 aromatic rings. The minimum atomic E-state index is -1.10. The highest BCUT2D eigenvalue weighted by molar-refractivity contribution is 6.06. The van der Waals surface area contributed by atoms with Crippen LogP contribution >= 0.6 is 0 Å². The second-order valence-corrected chi connectivity index (χ2v) is 4.35. The first-order chi connectivity index (χ1) is 9.47. The third-order valence-corrected chi connectivity index (χ3v) is 2.67. The third kappa shape index (κ3) is 2.97. The Bertz CT molecular complexity index is 666. The molecule has 0 radical (unpaired) electrons. The van der Waals surface area contributed by atoms with Gasteiger partial charge in [0.2, 0.25) is 0 Å². The number of nitrogens with one attached hydrogen (secondary N) is 1. The number of carboxylic acid groups (broad SMARTS) is 1. The summed E-state index contributed by atoms with van der Waals surface area (Å²) in [6, 6.07) is 4.78. The second-order valence-electron chi connectivity index (χ2n) is 4.35. The largest absolute Gasteiger partial charge is 0.478 e. The maximum Gasteiger partial charge on any atom is 0.337 e. The van der Waals surface area contributed by atoms with Gasteiger partial charge in [-0.2, -0.15) is 0 Å². The van der Waals surface area contributed by atoms with E-state index in [1.807, 2.05) is 0 Å². The summed E-state index contributed by atoms with van der Waals surface area (Å²) < 4.78 is 0. The van der Waals surface area contributed by atoms with Crippen molar-refractivity contribution in [3.8, 4) is 0 Å². The Balaban J connectivity index is 2.28. The second kappa shape index (κ2) is 5.48. The molecule has 0 atom stereocenters. The van der Waals surface area contributed by atoms with Gasteiger partial charge < -0.3 is 10.4 Å². The highest BCUT2D eigenvalue weighted by atomic mass is 16.4. The summed E-state index contributed by atoms with van der Waals surface area (Å²) in [6.07, 6.45) is 2.82. The lowest BCUT2D eigenvalue weighted by Gasteiger charge is -2.08. The van der Waals surface area contributed by atoms with Crippen molar-refractivity contribution in [3.63, 3.8) is 0 Å². The minimum absolute atomic E-state index is 0.0402. The summed E-state index contributed by atoms with van der Waals surface area (Å²) in [5, 5.41) is 11.7. The van der Waals surface area contributed by atoms with Gasteiger partial charge in [-0.15, -0.1) is 0 Å². The van der Waals surface area contributed by atoms with E-state index in [-0.39, 0.29) is 16.9 Å². The molecule has 2 rings (SSSR count). The molecule has 1 amide bonds. The van der Waals surface area contributed by atoms with E-state index in [9.17, 15) is 9.59 Å². The van der Waals surface area contributed by atoms with Crippen LogP contribution in [0, 0.1) is 13.8 Å². The van der Waals surface area contributed by atoms with Gasteiger partial charge >= 0.3 is 5.97 Å². The first kappa shape index (κ1) is 13.7. The lowest BCUT2D eigenvalue weighted by atomic mass is 10.1. The van der Waals surface area contributed by atoms with Gasteiger partial charge in [0.1, 0.15) is 5.69 Å². The van der Waals surface area contributed by atoms with E-state index in [1.165, 1.54) is 18.5 Å². The van der Waals surface area contributed by atoms with Crippen molar-refractivity contribution < 1.29 is 14.7 Å². The molecule has 1 aromatic heterocycles. The maximum atomic E-state index is 12.0. The van der Waals surface area contributed by atoms with Crippen LogP contribution < -0.4 is 5.32 Å². The number of carbonyl (C=O) groups excluding carboxylic acids is 1. The van der Waals surface area contributed by atoms with Crippen LogP contribution in [0.2, 0.25) is 0 Å². The summed E-state index contributed by atoms with van der Waals surface area (Å²) in [6.45, 7) is 3.54. The van der Waals surface area contributed by atoms with Crippen molar-refractivity contribution >= 4 is 17.6 Å². The van der Waals surface area contributed by atoms with Crippen molar-refractivity contribution in [1.82, 2.24) is 9.97 Å². The van der Waals surface area contributed by atoms with Crippen molar-refractivity contribution in [2.75, 3.05) is 5.32 Å². The number of rotatable bonds is 3. The number of carbonyl (C=O) groups is 2. The van der Waals surface area contributed by atoms with Gasteiger partial charge in [0.25, 0.3) is 5.91 Å². The van der Waals surface area contributed by atoms with E-state index in [1.54, 1.807) is 26.0 Å². The number of benzene rings is 1. The Labute approximate surface area is 115 Å². The Hall–Kier alpha value is -2.76. The number of hydrogen-bond donors (Lipinski definition) is 2. The van der Waals surface area contributed by atoms with Crippen molar-refractivity contribution in [2.45, 2.75) is 13.8 Å². The molecule has 6 heteroatoms. The van der Waals surface area contributed by atoms with Crippen LogP contribution in [0.5, 0.6) is 0 Å². The smallest absolute Gasteiger partial charge is 0.337 e. The molecule has 20 heavy (non-hydrogen) atoms. The van der Waals surface area contributed by atoms with Gasteiger partial charge in [0.05, 0.1) is 23.1 Å². The molecule has 2 N–H and O–H groups in total. The van der Waals surface area contributed by atoms with Gasteiger partial charge in [0.15, 0.2) is 0 Å². The zero-order valence-corrected chi connectivity index (χ0v) is 11.0. The molecule has 0 aliphatic carbocycles. The molecule has 0 saturated heterocycles. The number of aryl methyl sites for hydroxylation is 2. The lowest BCUT2D eigenvalue weighted by molar-refractivity contribution is 0.0698. The van der Waals surface area contributed by atoms with E-state index in [0.29, 0.717) is 5.69 Å². The van der Waals surface area contributed by atoms with Crippen molar-refractivity contribution in [2.24, 2.45) is 0 Å². The van der Waals surface area contributed by atoms with E-state index in [2.05, 4.69) is 15.3 Å². The third-order valence-electron chi connectivity index (χ3n) is 2.67. The predicted molar refractivity (Wildman–Crippen MR) is 72.9 cm³/mol. The molecular formula is C14H13N3O3. The van der Waals surface area contributed by atoms with Crippen molar-refractivity contribution in [1.29, 1.82) is 0 Å². The number of aromatic carboxylic acids is 1. The quantitative estimate of drug-likeness (QED) is 0.891. The Morgan fingerprint density at radius 1 is 1.15 bits per heavy atom.